The molecule has 0 amide bonds. The maximum atomic E-state index is 14.4. The van der Waals surface area contributed by atoms with Crippen LogP contribution in [0.3, 0.4) is 0 Å². The van der Waals surface area contributed by atoms with E-state index < -0.39 is 6.10 Å². The Balaban J connectivity index is 2.21. The van der Waals surface area contributed by atoms with Gasteiger partial charge in [-0.15, -0.1) is 0 Å². The molecule has 0 bridgehead atoms. The third-order valence-corrected chi connectivity index (χ3v) is 4.42. The second-order valence-corrected chi connectivity index (χ2v) is 7.04. The lowest BCUT2D eigenvalue weighted by atomic mass is 9.75. The Bertz CT molecular complexity index is 699. The van der Waals surface area contributed by atoms with E-state index in [1.165, 1.54) is 0 Å². The summed E-state index contributed by atoms with van der Waals surface area (Å²) in [6.07, 6.45) is 1.14. The monoisotopic (exact) mass is 287 g/mol. The Hall–Kier alpha value is -1.61. The number of aromatic nitrogens is 1. The van der Waals surface area contributed by atoms with E-state index >= 15 is 0 Å². The average Bonchev–Trinajstić information content (AvgIpc) is 2.65. The topological polar surface area (TPSA) is 25.2 Å². The van der Waals surface area contributed by atoms with E-state index in [2.05, 4.69) is 13.8 Å². The van der Waals surface area contributed by atoms with Gasteiger partial charge in [-0.3, -0.25) is 0 Å². The van der Waals surface area contributed by atoms with Gasteiger partial charge in [-0.1, -0.05) is 19.9 Å². The lowest BCUT2D eigenvalue weighted by Gasteiger charge is -2.34. The minimum absolute atomic E-state index is 0.0239. The molecular weight excluding hydrogens is 265 g/mol. The van der Waals surface area contributed by atoms with Crippen LogP contribution < -0.4 is 0 Å². The predicted molar refractivity (Wildman–Crippen MR) is 82.3 cm³/mol. The fourth-order valence-corrected chi connectivity index (χ4v) is 3.47. The molecule has 0 radical (unpaired) electrons. The highest BCUT2D eigenvalue weighted by Crippen LogP contribution is 2.43. The second kappa shape index (κ2) is 4.70. The van der Waals surface area contributed by atoms with Gasteiger partial charge in [0.1, 0.15) is 5.82 Å². The summed E-state index contributed by atoms with van der Waals surface area (Å²) < 4.78 is 16.3. The molecule has 21 heavy (non-hydrogen) atoms. The number of aliphatic hydroxyl groups excluding tert-OH is 1. The number of aryl methyl sites for hydroxylation is 2. The van der Waals surface area contributed by atoms with Crippen LogP contribution in [-0.4, -0.2) is 9.67 Å². The molecule has 0 aliphatic heterocycles. The zero-order valence-corrected chi connectivity index (χ0v) is 13.1. The van der Waals surface area contributed by atoms with Crippen LogP contribution in [0.1, 0.15) is 48.9 Å². The minimum atomic E-state index is -0.461. The summed E-state index contributed by atoms with van der Waals surface area (Å²) in [4.78, 5) is 0. The van der Waals surface area contributed by atoms with Crippen molar-refractivity contribution in [1.29, 1.82) is 0 Å². The van der Waals surface area contributed by atoms with E-state index in [1.807, 2.05) is 36.6 Å². The van der Waals surface area contributed by atoms with Crippen LogP contribution >= 0.6 is 0 Å². The minimum Gasteiger partial charge on any atom is -0.388 e. The van der Waals surface area contributed by atoms with Crippen molar-refractivity contribution < 1.29 is 9.50 Å². The Morgan fingerprint density at radius 2 is 1.95 bits per heavy atom. The van der Waals surface area contributed by atoms with Crippen LogP contribution in [0.15, 0.2) is 24.3 Å². The molecule has 0 fully saturated rings. The fourth-order valence-electron chi connectivity index (χ4n) is 3.47. The average molecular weight is 287 g/mol. The number of aliphatic hydroxyl groups is 1. The van der Waals surface area contributed by atoms with Crippen LogP contribution in [0.25, 0.3) is 5.69 Å². The SMILES string of the molecule is Cc1ccc(-n2c(C)cc3c2CC(C)(C)CC3O)c(F)c1. The summed E-state index contributed by atoms with van der Waals surface area (Å²) in [5, 5.41) is 10.4. The van der Waals surface area contributed by atoms with E-state index in [-0.39, 0.29) is 11.2 Å². The summed E-state index contributed by atoms with van der Waals surface area (Å²) in [5.41, 5.74) is 4.47. The summed E-state index contributed by atoms with van der Waals surface area (Å²) in [5.74, 6) is -0.214. The first kappa shape index (κ1) is 14.3. The van der Waals surface area contributed by atoms with E-state index in [0.29, 0.717) is 5.69 Å². The highest BCUT2D eigenvalue weighted by Gasteiger charge is 2.34. The van der Waals surface area contributed by atoms with Gasteiger partial charge in [-0.2, -0.15) is 0 Å². The molecule has 3 rings (SSSR count). The van der Waals surface area contributed by atoms with Gasteiger partial charge in [0.05, 0.1) is 11.8 Å². The van der Waals surface area contributed by atoms with Crippen molar-refractivity contribution in [2.45, 2.75) is 46.6 Å². The zero-order valence-electron chi connectivity index (χ0n) is 13.1. The maximum Gasteiger partial charge on any atom is 0.147 e. The molecule has 1 aromatic heterocycles. The Kier molecular flexibility index (Phi) is 3.21. The molecule has 112 valence electrons. The third-order valence-electron chi connectivity index (χ3n) is 4.42. The molecule has 0 spiro atoms. The molecule has 2 nitrogen and oxygen atoms in total. The predicted octanol–water partition coefficient (Wildman–Crippen LogP) is 4.24. The number of benzene rings is 1. The summed E-state index contributed by atoms with van der Waals surface area (Å²) in [7, 11) is 0. The molecule has 0 saturated carbocycles. The van der Waals surface area contributed by atoms with Gasteiger partial charge in [0.25, 0.3) is 0 Å². The molecule has 1 N–H and O–H groups in total. The lowest BCUT2D eigenvalue weighted by Crippen LogP contribution is -2.26. The normalized spacial score (nSPS) is 20.4. The van der Waals surface area contributed by atoms with Gasteiger partial charge in [-0.25, -0.2) is 4.39 Å². The van der Waals surface area contributed by atoms with Gasteiger partial charge >= 0.3 is 0 Å². The van der Waals surface area contributed by atoms with Gasteiger partial charge in [0.2, 0.25) is 0 Å². The van der Waals surface area contributed by atoms with Crippen LogP contribution in [0.2, 0.25) is 0 Å². The van der Waals surface area contributed by atoms with Crippen LogP contribution in [0.4, 0.5) is 4.39 Å². The Labute approximate surface area is 125 Å². The number of fused-ring (bicyclic) bond motifs is 1. The Morgan fingerprint density at radius 3 is 2.62 bits per heavy atom. The van der Waals surface area contributed by atoms with Gasteiger partial charge in [0.15, 0.2) is 0 Å². The number of rotatable bonds is 1. The number of halogens is 1. The highest BCUT2D eigenvalue weighted by atomic mass is 19.1. The summed E-state index contributed by atoms with van der Waals surface area (Å²) in [6, 6.07) is 7.31. The van der Waals surface area contributed by atoms with Crippen molar-refractivity contribution in [1.82, 2.24) is 4.57 Å². The molecule has 1 heterocycles. The van der Waals surface area contributed by atoms with Crippen molar-refractivity contribution in [2.75, 3.05) is 0 Å². The molecule has 1 aromatic carbocycles. The highest BCUT2D eigenvalue weighted by molar-refractivity contribution is 5.45. The molecule has 3 heteroatoms. The summed E-state index contributed by atoms with van der Waals surface area (Å²) in [6.45, 7) is 8.16. The first-order valence-electron chi connectivity index (χ1n) is 7.44. The van der Waals surface area contributed by atoms with Crippen LogP contribution in [0, 0.1) is 25.1 Å². The maximum absolute atomic E-state index is 14.4. The van der Waals surface area contributed by atoms with E-state index in [0.717, 1.165) is 35.4 Å². The fraction of sp³-hybridized carbons (Fsp3) is 0.444. The standard InChI is InChI=1S/C18H22FNO/c1-11-5-6-15(14(19)7-11)20-12(2)8-13-16(20)9-18(3,4)10-17(13)21/h5-8,17,21H,9-10H2,1-4H3. The van der Waals surface area contributed by atoms with Gasteiger partial charge in [0, 0.05) is 17.0 Å². The van der Waals surface area contributed by atoms with E-state index in [4.69, 9.17) is 0 Å². The quantitative estimate of drug-likeness (QED) is 0.834. The van der Waals surface area contributed by atoms with Crippen LogP contribution in [0.5, 0.6) is 0 Å². The number of hydrogen-bond acceptors (Lipinski definition) is 1. The van der Waals surface area contributed by atoms with Gasteiger partial charge < -0.3 is 9.67 Å². The van der Waals surface area contributed by atoms with Gasteiger partial charge in [-0.05, 0) is 55.9 Å². The third kappa shape index (κ3) is 2.40. The second-order valence-electron chi connectivity index (χ2n) is 7.04. The first-order valence-corrected chi connectivity index (χ1v) is 7.44. The van der Waals surface area contributed by atoms with E-state index in [1.54, 1.807) is 6.07 Å². The smallest absolute Gasteiger partial charge is 0.147 e. The Morgan fingerprint density at radius 1 is 1.24 bits per heavy atom. The van der Waals surface area contributed by atoms with Crippen molar-refractivity contribution in [3.8, 4) is 5.69 Å². The van der Waals surface area contributed by atoms with Crippen molar-refractivity contribution in [2.24, 2.45) is 5.41 Å². The molecule has 1 unspecified atom stereocenters. The number of nitrogens with zero attached hydrogens (tertiary/aromatic N) is 1. The lowest BCUT2D eigenvalue weighted by molar-refractivity contribution is 0.0986. The molecular formula is C18H22FNO. The molecule has 1 aliphatic rings. The van der Waals surface area contributed by atoms with E-state index in [9.17, 15) is 9.50 Å². The van der Waals surface area contributed by atoms with Crippen LogP contribution in [-0.2, 0) is 6.42 Å². The molecule has 1 aliphatic carbocycles. The van der Waals surface area contributed by atoms with Crippen molar-refractivity contribution >= 4 is 0 Å². The summed E-state index contributed by atoms with van der Waals surface area (Å²) >= 11 is 0. The number of hydrogen-bond donors (Lipinski definition) is 1. The first-order chi connectivity index (χ1) is 9.78. The molecule has 1 atom stereocenters. The molecule has 0 saturated heterocycles. The zero-order chi connectivity index (χ0) is 15.4. The molecule has 2 aromatic rings. The van der Waals surface area contributed by atoms with Crippen molar-refractivity contribution in [3.63, 3.8) is 0 Å². The van der Waals surface area contributed by atoms with Crippen molar-refractivity contribution in [3.05, 3.63) is 52.6 Å². The largest absolute Gasteiger partial charge is 0.388 e.